The van der Waals surface area contributed by atoms with Crippen LogP contribution in [-0.4, -0.2) is 65.8 Å². The molecule has 0 aromatic heterocycles. The number of carboxylic acids is 1. The van der Waals surface area contributed by atoms with Crippen LogP contribution in [0.4, 0.5) is 4.79 Å². The lowest BCUT2D eigenvalue weighted by Crippen LogP contribution is -2.52. The SMILES string of the molecule is CC1CN(C(=O)N(C)CC(C)C(=O)O)CC(C)O1. The van der Waals surface area contributed by atoms with Gasteiger partial charge < -0.3 is 19.6 Å². The van der Waals surface area contributed by atoms with E-state index in [0.29, 0.717) is 13.1 Å². The van der Waals surface area contributed by atoms with Crippen molar-refractivity contribution in [3.63, 3.8) is 0 Å². The van der Waals surface area contributed by atoms with Crippen molar-refractivity contribution in [2.75, 3.05) is 26.7 Å². The van der Waals surface area contributed by atoms with E-state index in [-0.39, 0.29) is 24.8 Å². The topological polar surface area (TPSA) is 70.1 Å². The summed E-state index contributed by atoms with van der Waals surface area (Å²) in [6, 6.07) is -0.134. The third-order valence-electron chi connectivity index (χ3n) is 2.99. The maximum absolute atomic E-state index is 12.2. The lowest BCUT2D eigenvalue weighted by Gasteiger charge is -2.37. The molecule has 0 aromatic carbocycles. The van der Waals surface area contributed by atoms with Gasteiger partial charge in [0.05, 0.1) is 18.1 Å². The zero-order valence-electron chi connectivity index (χ0n) is 11.4. The number of morpholine rings is 1. The molecule has 1 aliphatic heterocycles. The number of ether oxygens (including phenoxy) is 1. The van der Waals surface area contributed by atoms with Crippen LogP contribution in [0.5, 0.6) is 0 Å². The van der Waals surface area contributed by atoms with Gasteiger partial charge in [-0.2, -0.15) is 0 Å². The first kappa shape index (κ1) is 14.8. The van der Waals surface area contributed by atoms with Gasteiger partial charge in [-0.15, -0.1) is 0 Å². The molecule has 1 fully saturated rings. The first-order chi connectivity index (χ1) is 8.31. The Morgan fingerprint density at radius 2 is 1.89 bits per heavy atom. The van der Waals surface area contributed by atoms with Gasteiger partial charge in [-0.25, -0.2) is 4.79 Å². The van der Waals surface area contributed by atoms with Crippen LogP contribution >= 0.6 is 0 Å². The monoisotopic (exact) mass is 258 g/mol. The van der Waals surface area contributed by atoms with E-state index in [2.05, 4.69) is 0 Å². The predicted octanol–water partition coefficient (Wildman–Crippen LogP) is 0.868. The van der Waals surface area contributed by atoms with Crippen LogP contribution in [0.3, 0.4) is 0 Å². The van der Waals surface area contributed by atoms with E-state index in [1.807, 2.05) is 13.8 Å². The van der Waals surface area contributed by atoms with Crippen LogP contribution < -0.4 is 0 Å². The molecule has 0 radical (unpaired) electrons. The van der Waals surface area contributed by atoms with Gasteiger partial charge in [0, 0.05) is 26.7 Å². The summed E-state index contributed by atoms with van der Waals surface area (Å²) in [6.07, 6.45) is 0.0333. The number of carbonyl (C=O) groups is 2. The minimum Gasteiger partial charge on any atom is -0.481 e. The van der Waals surface area contributed by atoms with Crippen molar-refractivity contribution in [2.45, 2.75) is 33.0 Å². The van der Waals surface area contributed by atoms with Crippen molar-refractivity contribution >= 4 is 12.0 Å². The Kier molecular flexibility index (Phi) is 4.95. The van der Waals surface area contributed by atoms with E-state index < -0.39 is 11.9 Å². The van der Waals surface area contributed by atoms with E-state index >= 15 is 0 Å². The Hall–Kier alpha value is -1.30. The summed E-state index contributed by atoms with van der Waals surface area (Å²) in [5, 5.41) is 8.84. The molecule has 6 nitrogen and oxygen atoms in total. The highest BCUT2D eigenvalue weighted by Gasteiger charge is 2.28. The lowest BCUT2D eigenvalue weighted by molar-refractivity contribution is -0.141. The molecule has 104 valence electrons. The first-order valence-corrected chi connectivity index (χ1v) is 6.19. The van der Waals surface area contributed by atoms with Crippen LogP contribution in [0.25, 0.3) is 0 Å². The Balaban J connectivity index is 2.55. The number of rotatable bonds is 3. The molecule has 0 spiro atoms. The molecule has 0 bridgehead atoms. The normalized spacial score (nSPS) is 25.7. The van der Waals surface area contributed by atoms with E-state index in [0.717, 1.165) is 0 Å². The van der Waals surface area contributed by atoms with Crippen molar-refractivity contribution in [3.8, 4) is 0 Å². The summed E-state index contributed by atoms with van der Waals surface area (Å²) < 4.78 is 5.56. The third kappa shape index (κ3) is 3.87. The maximum Gasteiger partial charge on any atom is 0.319 e. The summed E-state index contributed by atoms with van der Waals surface area (Å²) in [5.41, 5.74) is 0. The maximum atomic E-state index is 12.2. The summed E-state index contributed by atoms with van der Waals surface area (Å²) in [5.74, 6) is -1.45. The number of hydrogen-bond acceptors (Lipinski definition) is 3. The zero-order chi connectivity index (χ0) is 13.9. The second-order valence-corrected chi connectivity index (χ2v) is 5.06. The van der Waals surface area contributed by atoms with Crippen molar-refractivity contribution in [3.05, 3.63) is 0 Å². The average Bonchev–Trinajstić information content (AvgIpc) is 2.26. The van der Waals surface area contributed by atoms with Gasteiger partial charge in [0.25, 0.3) is 0 Å². The molecule has 0 aromatic rings. The van der Waals surface area contributed by atoms with E-state index in [1.54, 1.807) is 18.9 Å². The molecule has 1 aliphatic rings. The molecule has 1 heterocycles. The number of amides is 2. The highest BCUT2D eigenvalue weighted by Crippen LogP contribution is 2.13. The fraction of sp³-hybridized carbons (Fsp3) is 0.833. The Morgan fingerprint density at radius 1 is 1.39 bits per heavy atom. The molecule has 1 N–H and O–H groups in total. The van der Waals surface area contributed by atoms with Gasteiger partial charge in [0.2, 0.25) is 0 Å². The Bertz CT molecular complexity index is 311. The van der Waals surface area contributed by atoms with Crippen molar-refractivity contribution in [2.24, 2.45) is 5.92 Å². The average molecular weight is 258 g/mol. The molecule has 0 saturated carbocycles. The standard InChI is InChI=1S/C12H22N2O4/c1-8(11(15)16)5-13(4)12(17)14-6-9(2)18-10(3)7-14/h8-10H,5-7H2,1-4H3,(H,15,16). The lowest BCUT2D eigenvalue weighted by atomic mass is 10.2. The Labute approximate surface area is 107 Å². The van der Waals surface area contributed by atoms with Crippen molar-refractivity contribution < 1.29 is 19.4 Å². The van der Waals surface area contributed by atoms with Gasteiger partial charge in [-0.3, -0.25) is 4.79 Å². The number of nitrogens with zero attached hydrogens (tertiary/aromatic N) is 2. The molecule has 18 heavy (non-hydrogen) atoms. The van der Waals surface area contributed by atoms with Gasteiger partial charge in [0.15, 0.2) is 0 Å². The second kappa shape index (κ2) is 6.04. The molecule has 1 rings (SSSR count). The molecule has 2 amide bonds. The minimum atomic E-state index is -0.890. The number of hydrogen-bond donors (Lipinski definition) is 1. The number of aliphatic carboxylic acids is 1. The highest BCUT2D eigenvalue weighted by atomic mass is 16.5. The quantitative estimate of drug-likeness (QED) is 0.815. The summed E-state index contributed by atoms with van der Waals surface area (Å²) in [7, 11) is 1.63. The van der Waals surface area contributed by atoms with E-state index in [1.165, 1.54) is 4.90 Å². The first-order valence-electron chi connectivity index (χ1n) is 6.19. The van der Waals surface area contributed by atoms with E-state index in [4.69, 9.17) is 9.84 Å². The Morgan fingerprint density at radius 3 is 2.33 bits per heavy atom. The number of urea groups is 1. The van der Waals surface area contributed by atoms with Gasteiger partial charge >= 0.3 is 12.0 Å². The highest BCUT2D eigenvalue weighted by molar-refractivity contribution is 5.76. The van der Waals surface area contributed by atoms with Crippen LogP contribution in [0, 0.1) is 5.92 Å². The molecule has 6 heteroatoms. The molecule has 3 atom stereocenters. The van der Waals surface area contributed by atoms with Crippen LogP contribution in [-0.2, 0) is 9.53 Å². The van der Waals surface area contributed by atoms with Crippen molar-refractivity contribution in [1.82, 2.24) is 9.80 Å². The van der Waals surface area contributed by atoms with Gasteiger partial charge in [-0.05, 0) is 13.8 Å². The van der Waals surface area contributed by atoms with Crippen LogP contribution in [0.15, 0.2) is 0 Å². The minimum absolute atomic E-state index is 0.0167. The molecular formula is C12H22N2O4. The summed E-state index contributed by atoms with van der Waals surface area (Å²) in [4.78, 5) is 26.1. The fourth-order valence-electron chi connectivity index (χ4n) is 2.14. The zero-order valence-corrected chi connectivity index (χ0v) is 11.4. The summed E-state index contributed by atoms with van der Waals surface area (Å²) >= 11 is 0. The van der Waals surface area contributed by atoms with Crippen molar-refractivity contribution in [1.29, 1.82) is 0 Å². The van der Waals surface area contributed by atoms with Crippen LogP contribution in [0.2, 0.25) is 0 Å². The van der Waals surface area contributed by atoms with E-state index in [9.17, 15) is 9.59 Å². The molecule has 0 aliphatic carbocycles. The predicted molar refractivity (Wildman–Crippen MR) is 66.4 cm³/mol. The largest absolute Gasteiger partial charge is 0.481 e. The summed E-state index contributed by atoms with van der Waals surface area (Å²) in [6.45, 7) is 6.76. The molecule has 1 saturated heterocycles. The fourth-order valence-corrected chi connectivity index (χ4v) is 2.14. The second-order valence-electron chi connectivity index (χ2n) is 5.06. The van der Waals surface area contributed by atoms with Crippen LogP contribution in [0.1, 0.15) is 20.8 Å². The molecule has 3 unspecified atom stereocenters. The third-order valence-corrected chi connectivity index (χ3v) is 2.99. The molecular weight excluding hydrogens is 236 g/mol. The van der Waals surface area contributed by atoms with Gasteiger partial charge in [0.1, 0.15) is 0 Å². The smallest absolute Gasteiger partial charge is 0.319 e. The number of carboxylic acid groups (broad SMARTS) is 1. The number of carbonyl (C=O) groups excluding carboxylic acids is 1. The van der Waals surface area contributed by atoms with Gasteiger partial charge in [-0.1, -0.05) is 6.92 Å².